The molecule has 0 amide bonds. The highest BCUT2D eigenvalue weighted by Crippen LogP contribution is 2.67. The zero-order chi connectivity index (χ0) is 24.1. The Bertz CT molecular complexity index is 914. The number of hydrogen-bond acceptors (Lipinski definition) is 3. The standard InChI is InChI=1S/C27H35F3O3/c1-24-10-3-5-19(7-6-18-15-20(31)17-21(32)16-18)22(24)8-9-23(24)26(13-14-26)12-4-11-25(2,33)27(28,29)30/h6-7,9,20-22,31-33H,3,5,8,10,12-17H2,1-2H3/b18-6-,19-7+/t20?,21-,22?,24+,25?/m1/s1. The zero-order valence-electron chi connectivity index (χ0n) is 19.5. The molecule has 4 aliphatic rings. The maximum atomic E-state index is 12.9. The van der Waals surface area contributed by atoms with Crippen molar-refractivity contribution in [2.75, 3.05) is 0 Å². The van der Waals surface area contributed by atoms with E-state index in [0.29, 0.717) is 38.5 Å². The third-order valence-electron chi connectivity index (χ3n) is 8.36. The zero-order valence-corrected chi connectivity index (χ0v) is 19.5. The van der Waals surface area contributed by atoms with Crippen LogP contribution in [0.4, 0.5) is 13.2 Å². The Labute approximate surface area is 194 Å². The second kappa shape index (κ2) is 8.59. The SMILES string of the molecule is CC(O)(C#CCC1(C2=CCC3/C(=C/C=C4/CC(O)C[C@H](O)C4)CCC[C@]23C)CC1)C(F)(F)F. The molecule has 0 aromatic heterocycles. The van der Waals surface area contributed by atoms with Gasteiger partial charge in [-0.2, -0.15) is 13.2 Å². The average Bonchev–Trinajstić information content (AvgIpc) is 3.37. The van der Waals surface area contributed by atoms with E-state index in [9.17, 15) is 28.5 Å². The van der Waals surface area contributed by atoms with Gasteiger partial charge >= 0.3 is 6.18 Å². The van der Waals surface area contributed by atoms with E-state index >= 15 is 0 Å². The van der Waals surface area contributed by atoms with Gasteiger partial charge in [-0.05, 0) is 76.0 Å². The van der Waals surface area contributed by atoms with Crippen molar-refractivity contribution in [1.29, 1.82) is 0 Å². The third kappa shape index (κ3) is 4.83. The van der Waals surface area contributed by atoms with Crippen LogP contribution in [0.15, 0.2) is 34.9 Å². The van der Waals surface area contributed by atoms with Crippen LogP contribution in [-0.4, -0.2) is 39.3 Å². The minimum absolute atomic E-state index is 0.0150. The molecule has 0 radical (unpaired) electrons. The van der Waals surface area contributed by atoms with Crippen molar-refractivity contribution in [1.82, 2.24) is 0 Å². The summed E-state index contributed by atoms with van der Waals surface area (Å²) in [5.74, 6) is 5.12. The summed E-state index contributed by atoms with van der Waals surface area (Å²) in [5.41, 5.74) is 0.670. The summed E-state index contributed by atoms with van der Waals surface area (Å²) >= 11 is 0. The van der Waals surface area contributed by atoms with Gasteiger partial charge < -0.3 is 15.3 Å². The minimum atomic E-state index is -4.76. The van der Waals surface area contributed by atoms with Gasteiger partial charge in [0, 0.05) is 11.8 Å². The molecule has 4 rings (SSSR count). The molecule has 3 saturated carbocycles. The van der Waals surface area contributed by atoms with Crippen molar-refractivity contribution in [3.05, 3.63) is 34.9 Å². The lowest BCUT2D eigenvalue weighted by Crippen LogP contribution is -2.40. The van der Waals surface area contributed by atoms with E-state index in [1.807, 2.05) is 0 Å². The number of aliphatic hydroxyl groups excluding tert-OH is 2. The number of allylic oxidation sites excluding steroid dienone is 5. The summed E-state index contributed by atoms with van der Waals surface area (Å²) in [6.07, 6.45) is 8.81. The predicted molar refractivity (Wildman–Crippen MR) is 121 cm³/mol. The van der Waals surface area contributed by atoms with Gasteiger partial charge in [0.25, 0.3) is 0 Å². The fraction of sp³-hybridized carbons (Fsp3) is 0.704. The van der Waals surface area contributed by atoms with Crippen LogP contribution in [0.1, 0.15) is 78.1 Å². The number of aliphatic hydroxyl groups is 3. The lowest BCUT2D eigenvalue weighted by atomic mass is 9.61. The van der Waals surface area contributed by atoms with Gasteiger partial charge in [0.05, 0.1) is 12.2 Å². The smallest absolute Gasteiger partial charge is 0.393 e. The summed E-state index contributed by atoms with van der Waals surface area (Å²) in [6.45, 7) is 3.01. The fourth-order valence-electron chi connectivity index (χ4n) is 6.32. The van der Waals surface area contributed by atoms with Crippen molar-refractivity contribution in [3.63, 3.8) is 0 Å². The molecular formula is C27H35F3O3. The fourth-order valence-corrected chi connectivity index (χ4v) is 6.32. The molecule has 5 atom stereocenters. The lowest BCUT2D eigenvalue weighted by Gasteiger charge is -2.43. The number of rotatable bonds is 3. The van der Waals surface area contributed by atoms with Crippen LogP contribution in [0, 0.1) is 28.6 Å². The molecule has 4 aliphatic carbocycles. The molecule has 3 nitrogen and oxygen atoms in total. The number of halogens is 3. The van der Waals surface area contributed by atoms with Gasteiger partial charge in [-0.1, -0.05) is 53.7 Å². The predicted octanol–water partition coefficient (Wildman–Crippen LogP) is 5.37. The molecule has 0 bridgehead atoms. The van der Waals surface area contributed by atoms with Crippen molar-refractivity contribution in [2.24, 2.45) is 16.7 Å². The molecule has 3 N–H and O–H groups in total. The monoisotopic (exact) mass is 464 g/mol. The minimum Gasteiger partial charge on any atom is -0.393 e. The van der Waals surface area contributed by atoms with Crippen LogP contribution in [-0.2, 0) is 0 Å². The Morgan fingerprint density at radius 1 is 1.12 bits per heavy atom. The molecule has 0 heterocycles. The van der Waals surface area contributed by atoms with E-state index in [-0.39, 0.29) is 10.8 Å². The molecule has 0 aromatic rings. The number of alkyl halides is 3. The summed E-state index contributed by atoms with van der Waals surface area (Å²) in [7, 11) is 0. The van der Waals surface area contributed by atoms with E-state index in [4.69, 9.17) is 0 Å². The Kier molecular flexibility index (Phi) is 6.40. The summed E-state index contributed by atoms with van der Waals surface area (Å²) in [6, 6.07) is 0. The van der Waals surface area contributed by atoms with E-state index in [0.717, 1.165) is 44.1 Å². The summed E-state index contributed by atoms with van der Waals surface area (Å²) in [4.78, 5) is 0. The second-order valence-electron chi connectivity index (χ2n) is 11.0. The topological polar surface area (TPSA) is 60.7 Å². The highest BCUT2D eigenvalue weighted by Gasteiger charge is 2.56. The lowest BCUT2D eigenvalue weighted by molar-refractivity contribution is -0.228. The first-order valence-corrected chi connectivity index (χ1v) is 12.1. The largest absolute Gasteiger partial charge is 0.428 e. The number of hydrogen-bond donors (Lipinski definition) is 3. The second-order valence-corrected chi connectivity index (χ2v) is 11.0. The number of fused-ring (bicyclic) bond motifs is 1. The third-order valence-corrected chi connectivity index (χ3v) is 8.36. The molecule has 0 aliphatic heterocycles. The van der Waals surface area contributed by atoms with Gasteiger partial charge in [-0.25, -0.2) is 0 Å². The van der Waals surface area contributed by atoms with Gasteiger partial charge in [0.1, 0.15) is 0 Å². The molecule has 182 valence electrons. The molecule has 0 spiro atoms. The Hall–Kier alpha value is -1.55. The maximum Gasteiger partial charge on any atom is 0.428 e. The quantitative estimate of drug-likeness (QED) is 0.389. The molecule has 33 heavy (non-hydrogen) atoms. The highest BCUT2D eigenvalue weighted by molar-refractivity contribution is 5.40. The van der Waals surface area contributed by atoms with Gasteiger partial charge in [-0.3, -0.25) is 0 Å². The highest BCUT2D eigenvalue weighted by atomic mass is 19.4. The molecule has 3 unspecified atom stereocenters. The first kappa shape index (κ1) is 24.6. The van der Waals surface area contributed by atoms with Gasteiger partial charge in [-0.15, -0.1) is 0 Å². The Morgan fingerprint density at radius 2 is 1.79 bits per heavy atom. The van der Waals surface area contributed by atoms with Crippen molar-refractivity contribution in [3.8, 4) is 11.8 Å². The summed E-state index contributed by atoms with van der Waals surface area (Å²) < 4.78 is 38.8. The Morgan fingerprint density at radius 3 is 2.39 bits per heavy atom. The molecular weight excluding hydrogens is 429 g/mol. The van der Waals surface area contributed by atoms with Crippen LogP contribution >= 0.6 is 0 Å². The van der Waals surface area contributed by atoms with Crippen molar-refractivity contribution in [2.45, 2.75) is 102 Å². The molecule has 3 fully saturated rings. The normalized spacial score (nSPS) is 37.7. The first-order chi connectivity index (χ1) is 15.4. The van der Waals surface area contributed by atoms with Crippen molar-refractivity contribution < 1.29 is 28.5 Å². The van der Waals surface area contributed by atoms with Gasteiger partial charge in [0.15, 0.2) is 0 Å². The van der Waals surface area contributed by atoms with Crippen LogP contribution in [0.3, 0.4) is 0 Å². The van der Waals surface area contributed by atoms with Crippen LogP contribution in [0.5, 0.6) is 0 Å². The summed E-state index contributed by atoms with van der Waals surface area (Å²) in [5, 5.41) is 29.6. The van der Waals surface area contributed by atoms with E-state index < -0.39 is 24.0 Å². The molecule has 0 saturated heterocycles. The maximum absolute atomic E-state index is 12.9. The molecule has 0 aromatic carbocycles. The van der Waals surface area contributed by atoms with Gasteiger partial charge in [0.2, 0.25) is 5.60 Å². The van der Waals surface area contributed by atoms with Crippen LogP contribution in [0.2, 0.25) is 0 Å². The van der Waals surface area contributed by atoms with E-state index in [1.54, 1.807) is 0 Å². The van der Waals surface area contributed by atoms with Crippen LogP contribution in [0.25, 0.3) is 0 Å². The average molecular weight is 465 g/mol. The van der Waals surface area contributed by atoms with E-state index in [2.05, 4.69) is 37.0 Å². The molecule has 6 heteroatoms. The Balaban J connectivity index is 1.50. The van der Waals surface area contributed by atoms with Crippen molar-refractivity contribution >= 4 is 0 Å². The first-order valence-electron chi connectivity index (χ1n) is 12.1. The van der Waals surface area contributed by atoms with E-state index in [1.165, 1.54) is 11.1 Å². The van der Waals surface area contributed by atoms with Crippen LogP contribution < -0.4 is 0 Å².